The van der Waals surface area contributed by atoms with Gasteiger partial charge in [-0.05, 0) is 28.1 Å². The summed E-state index contributed by atoms with van der Waals surface area (Å²) >= 11 is 3.56. The summed E-state index contributed by atoms with van der Waals surface area (Å²) in [6.45, 7) is 0.787. The van der Waals surface area contributed by atoms with E-state index in [1.54, 1.807) is 6.33 Å². The summed E-state index contributed by atoms with van der Waals surface area (Å²) in [7, 11) is 2.06. The quantitative estimate of drug-likeness (QED) is 0.730. The number of aromatic nitrogens is 3. The molecule has 1 aromatic carbocycles. The Kier molecular flexibility index (Phi) is 1.82. The van der Waals surface area contributed by atoms with Crippen molar-refractivity contribution < 1.29 is 0 Å². The van der Waals surface area contributed by atoms with Crippen LogP contribution < -0.4 is 4.90 Å². The minimum Gasteiger partial charge on any atom is -0.364 e. The number of fused-ring (bicyclic) bond motifs is 3. The summed E-state index contributed by atoms with van der Waals surface area (Å²) in [5.41, 5.74) is 2.24. The zero-order valence-electron chi connectivity index (χ0n) is 8.18. The van der Waals surface area contributed by atoms with Gasteiger partial charge in [0.2, 0.25) is 0 Å². The van der Waals surface area contributed by atoms with E-state index in [0.29, 0.717) is 0 Å². The fourth-order valence-corrected chi connectivity index (χ4v) is 2.58. The molecule has 1 aliphatic rings. The van der Waals surface area contributed by atoms with E-state index in [0.717, 1.165) is 28.2 Å². The van der Waals surface area contributed by atoms with E-state index in [9.17, 15) is 0 Å². The molecule has 0 unspecified atom stereocenters. The van der Waals surface area contributed by atoms with E-state index >= 15 is 0 Å². The van der Waals surface area contributed by atoms with Crippen molar-refractivity contribution in [3.8, 4) is 5.69 Å². The average Bonchev–Trinajstić information content (AvgIpc) is 2.65. The van der Waals surface area contributed by atoms with Crippen molar-refractivity contribution in [2.45, 2.75) is 6.54 Å². The van der Waals surface area contributed by atoms with Crippen LogP contribution >= 0.6 is 15.9 Å². The molecule has 0 radical (unpaired) electrons. The van der Waals surface area contributed by atoms with E-state index in [2.05, 4.69) is 38.0 Å². The second kappa shape index (κ2) is 3.06. The van der Waals surface area contributed by atoms with Crippen LogP contribution in [0.2, 0.25) is 0 Å². The van der Waals surface area contributed by atoms with Crippen LogP contribution in [-0.2, 0) is 6.54 Å². The highest BCUT2D eigenvalue weighted by molar-refractivity contribution is 9.10. The average molecular weight is 265 g/mol. The Morgan fingerprint density at radius 1 is 1.40 bits per heavy atom. The summed E-state index contributed by atoms with van der Waals surface area (Å²) in [5, 5.41) is 4.23. The van der Waals surface area contributed by atoms with Gasteiger partial charge in [-0.15, -0.1) is 0 Å². The number of nitrogens with zero attached hydrogens (tertiary/aromatic N) is 4. The van der Waals surface area contributed by atoms with Crippen LogP contribution in [0.4, 0.5) is 5.69 Å². The first-order valence-electron chi connectivity index (χ1n) is 4.66. The molecular weight excluding hydrogens is 256 g/mol. The first-order chi connectivity index (χ1) is 7.27. The van der Waals surface area contributed by atoms with Crippen molar-refractivity contribution in [1.29, 1.82) is 0 Å². The second-order valence-corrected chi connectivity index (χ2v) is 4.41. The Morgan fingerprint density at radius 2 is 2.27 bits per heavy atom. The van der Waals surface area contributed by atoms with Crippen LogP contribution in [0, 0.1) is 0 Å². The summed E-state index contributed by atoms with van der Waals surface area (Å²) in [6, 6.07) is 6.10. The third kappa shape index (κ3) is 1.19. The topological polar surface area (TPSA) is 34.0 Å². The molecule has 1 aromatic heterocycles. The highest BCUT2D eigenvalue weighted by Gasteiger charge is 2.22. The minimum atomic E-state index is 0.787. The van der Waals surface area contributed by atoms with Crippen LogP contribution in [0.5, 0.6) is 0 Å². The van der Waals surface area contributed by atoms with Crippen molar-refractivity contribution in [3.05, 3.63) is 34.8 Å². The van der Waals surface area contributed by atoms with Crippen LogP contribution in [0.25, 0.3) is 5.69 Å². The molecule has 0 fully saturated rings. The number of benzene rings is 1. The molecule has 3 rings (SSSR count). The summed E-state index contributed by atoms with van der Waals surface area (Å²) in [5.74, 6) is 0.975. The van der Waals surface area contributed by atoms with E-state index in [1.807, 2.05) is 22.9 Å². The van der Waals surface area contributed by atoms with Gasteiger partial charge in [-0.2, -0.15) is 5.10 Å². The molecule has 15 heavy (non-hydrogen) atoms. The first-order valence-corrected chi connectivity index (χ1v) is 5.45. The van der Waals surface area contributed by atoms with Gasteiger partial charge in [-0.25, -0.2) is 9.67 Å². The van der Waals surface area contributed by atoms with Crippen LogP contribution in [-0.4, -0.2) is 21.8 Å². The van der Waals surface area contributed by atoms with Crippen molar-refractivity contribution in [1.82, 2.24) is 14.8 Å². The molecule has 0 atom stereocenters. The van der Waals surface area contributed by atoms with Gasteiger partial charge in [0.15, 0.2) is 5.82 Å². The molecule has 0 amide bonds. The molecule has 1 aliphatic heterocycles. The Balaban J connectivity index is 2.33. The zero-order valence-corrected chi connectivity index (χ0v) is 9.77. The predicted octanol–water partition coefficient (Wildman–Crippen LogP) is 1.98. The lowest BCUT2D eigenvalue weighted by molar-refractivity contribution is 0.723. The van der Waals surface area contributed by atoms with Crippen molar-refractivity contribution >= 4 is 21.6 Å². The standard InChI is InChI=1S/C10H9BrN4/c1-14-5-9-12-6-13-15(9)8-4-2-3-7(11)10(8)14/h2-4,6H,5H2,1H3. The molecule has 2 aromatic rings. The van der Waals surface area contributed by atoms with Gasteiger partial charge in [0.25, 0.3) is 0 Å². The van der Waals surface area contributed by atoms with Gasteiger partial charge in [0.05, 0.1) is 17.9 Å². The molecule has 0 saturated carbocycles. The smallest absolute Gasteiger partial charge is 0.151 e. The van der Waals surface area contributed by atoms with Crippen LogP contribution in [0.3, 0.4) is 0 Å². The van der Waals surface area contributed by atoms with E-state index in [-0.39, 0.29) is 0 Å². The molecule has 0 aliphatic carbocycles. The normalized spacial score (nSPS) is 13.6. The number of hydrogen-bond donors (Lipinski definition) is 0. The van der Waals surface area contributed by atoms with Gasteiger partial charge in [-0.3, -0.25) is 0 Å². The number of rotatable bonds is 0. The van der Waals surface area contributed by atoms with Gasteiger partial charge >= 0.3 is 0 Å². The monoisotopic (exact) mass is 264 g/mol. The van der Waals surface area contributed by atoms with Gasteiger partial charge in [0.1, 0.15) is 6.33 Å². The Hall–Kier alpha value is -1.36. The molecule has 0 bridgehead atoms. The highest BCUT2D eigenvalue weighted by Crippen LogP contribution is 2.35. The summed E-state index contributed by atoms with van der Waals surface area (Å²) in [4.78, 5) is 6.40. The molecule has 2 heterocycles. The SMILES string of the molecule is CN1Cc2ncnn2-c2cccc(Br)c21. The van der Waals surface area contributed by atoms with E-state index in [4.69, 9.17) is 0 Å². The predicted molar refractivity (Wildman–Crippen MR) is 61.2 cm³/mol. The number of halogens is 1. The number of anilines is 1. The fraction of sp³-hybridized carbons (Fsp3) is 0.200. The van der Waals surface area contributed by atoms with Gasteiger partial charge in [0, 0.05) is 11.5 Å². The molecule has 4 nitrogen and oxygen atoms in total. The highest BCUT2D eigenvalue weighted by atomic mass is 79.9. The van der Waals surface area contributed by atoms with E-state index in [1.165, 1.54) is 0 Å². The third-order valence-electron chi connectivity index (χ3n) is 2.57. The van der Waals surface area contributed by atoms with Crippen LogP contribution in [0.15, 0.2) is 29.0 Å². The maximum absolute atomic E-state index is 4.23. The van der Waals surface area contributed by atoms with Crippen molar-refractivity contribution in [2.24, 2.45) is 0 Å². The molecule has 5 heteroatoms. The number of para-hydroxylation sites is 1. The first kappa shape index (κ1) is 8.91. The second-order valence-electron chi connectivity index (χ2n) is 3.55. The Labute approximate surface area is 95.7 Å². The number of hydrogen-bond acceptors (Lipinski definition) is 3. The van der Waals surface area contributed by atoms with Gasteiger partial charge in [-0.1, -0.05) is 6.07 Å². The molecule has 76 valence electrons. The Bertz CT molecular complexity index is 520. The van der Waals surface area contributed by atoms with E-state index < -0.39 is 0 Å². The Morgan fingerprint density at radius 3 is 3.13 bits per heavy atom. The molecular formula is C10H9BrN4. The molecule has 0 saturated heterocycles. The summed E-state index contributed by atoms with van der Waals surface area (Å²) in [6.07, 6.45) is 1.60. The minimum absolute atomic E-state index is 0.787. The van der Waals surface area contributed by atoms with Crippen LogP contribution in [0.1, 0.15) is 5.82 Å². The van der Waals surface area contributed by atoms with Crippen molar-refractivity contribution in [3.63, 3.8) is 0 Å². The molecule has 0 spiro atoms. The lowest BCUT2D eigenvalue weighted by Crippen LogP contribution is -2.26. The molecule has 0 N–H and O–H groups in total. The lowest BCUT2D eigenvalue weighted by Gasteiger charge is -2.28. The lowest BCUT2D eigenvalue weighted by atomic mass is 10.2. The summed E-state index contributed by atoms with van der Waals surface area (Å²) < 4.78 is 2.98. The van der Waals surface area contributed by atoms with Crippen molar-refractivity contribution in [2.75, 3.05) is 11.9 Å². The maximum atomic E-state index is 4.23. The third-order valence-corrected chi connectivity index (χ3v) is 3.21. The largest absolute Gasteiger partial charge is 0.364 e. The zero-order chi connectivity index (χ0) is 10.4. The van der Waals surface area contributed by atoms with Gasteiger partial charge < -0.3 is 4.90 Å². The maximum Gasteiger partial charge on any atom is 0.151 e. The fourth-order valence-electron chi connectivity index (χ4n) is 1.92.